The number of hydrogen-bond acceptors (Lipinski definition) is 3. The lowest BCUT2D eigenvalue weighted by Crippen LogP contribution is -2.38. The average molecular weight is 264 g/mol. The van der Waals surface area contributed by atoms with E-state index in [9.17, 15) is 9.59 Å². The maximum Gasteiger partial charge on any atom is 0.308 e. The van der Waals surface area contributed by atoms with Gasteiger partial charge in [-0.25, -0.2) is 0 Å². The van der Waals surface area contributed by atoms with Crippen LogP contribution in [0, 0.1) is 5.92 Å². The van der Waals surface area contributed by atoms with Crippen molar-refractivity contribution in [1.82, 2.24) is 5.32 Å². The third kappa shape index (κ3) is 4.71. The van der Waals surface area contributed by atoms with Crippen molar-refractivity contribution in [3.05, 3.63) is 35.9 Å². The van der Waals surface area contributed by atoms with Gasteiger partial charge < -0.3 is 16.2 Å². The van der Waals surface area contributed by atoms with Gasteiger partial charge in [0, 0.05) is 6.54 Å². The molecular weight excluding hydrogens is 244 g/mol. The van der Waals surface area contributed by atoms with Crippen LogP contribution in [0.25, 0.3) is 0 Å². The molecule has 5 heteroatoms. The van der Waals surface area contributed by atoms with Gasteiger partial charge in [-0.1, -0.05) is 43.7 Å². The lowest BCUT2D eigenvalue weighted by molar-refractivity contribution is -0.142. The summed E-state index contributed by atoms with van der Waals surface area (Å²) in [6.45, 7) is 2.02. The molecule has 0 aliphatic rings. The Balaban J connectivity index is 2.53. The fourth-order valence-electron chi connectivity index (χ4n) is 1.81. The van der Waals surface area contributed by atoms with Gasteiger partial charge in [0.05, 0.1) is 5.92 Å². The Bertz CT molecular complexity index is 420. The van der Waals surface area contributed by atoms with Crippen LogP contribution in [-0.2, 0) is 9.59 Å². The van der Waals surface area contributed by atoms with Crippen LogP contribution in [-0.4, -0.2) is 23.5 Å². The molecule has 0 saturated carbocycles. The van der Waals surface area contributed by atoms with E-state index in [-0.39, 0.29) is 12.5 Å². The van der Waals surface area contributed by atoms with Crippen LogP contribution in [0.2, 0.25) is 0 Å². The second-order valence-corrected chi connectivity index (χ2v) is 4.46. The van der Waals surface area contributed by atoms with E-state index >= 15 is 0 Å². The molecule has 0 aliphatic heterocycles. The lowest BCUT2D eigenvalue weighted by atomic mass is 10.0. The van der Waals surface area contributed by atoms with Crippen molar-refractivity contribution in [1.29, 1.82) is 0 Å². The Labute approximate surface area is 112 Å². The second kappa shape index (κ2) is 7.53. The predicted octanol–water partition coefficient (Wildman–Crippen LogP) is 1.30. The fraction of sp³-hybridized carbons (Fsp3) is 0.429. The molecule has 2 atom stereocenters. The zero-order chi connectivity index (χ0) is 14.3. The number of carboxylic acids is 1. The molecule has 0 aromatic heterocycles. The second-order valence-electron chi connectivity index (χ2n) is 4.46. The fourth-order valence-corrected chi connectivity index (χ4v) is 1.81. The zero-order valence-electron chi connectivity index (χ0n) is 11.0. The van der Waals surface area contributed by atoms with E-state index in [1.807, 2.05) is 13.0 Å². The Hall–Kier alpha value is -1.88. The molecule has 0 heterocycles. The third-order valence-corrected chi connectivity index (χ3v) is 2.95. The molecule has 1 rings (SSSR count). The van der Waals surface area contributed by atoms with Crippen LogP contribution < -0.4 is 11.1 Å². The van der Waals surface area contributed by atoms with Gasteiger partial charge in [-0.05, 0) is 12.0 Å². The Morgan fingerprint density at radius 3 is 2.47 bits per heavy atom. The smallest absolute Gasteiger partial charge is 0.308 e. The number of amides is 1. The number of carboxylic acid groups (broad SMARTS) is 1. The number of carbonyl (C=O) groups excluding carboxylic acids is 1. The Morgan fingerprint density at radius 2 is 1.95 bits per heavy atom. The van der Waals surface area contributed by atoms with Gasteiger partial charge in [-0.3, -0.25) is 9.59 Å². The van der Waals surface area contributed by atoms with Gasteiger partial charge in [-0.2, -0.15) is 0 Å². The Kier molecular flexibility index (Phi) is 6.02. The van der Waals surface area contributed by atoms with Crippen LogP contribution in [0.4, 0.5) is 0 Å². The zero-order valence-corrected chi connectivity index (χ0v) is 11.0. The predicted molar refractivity (Wildman–Crippen MR) is 72.4 cm³/mol. The quantitative estimate of drug-likeness (QED) is 0.692. The highest BCUT2D eigenvalue weighted by Crippen LogP contribution is 2.10. The first kappa shape index (κ1) is 15.2. The number of aliphatic carboxylic acids is 1. The molecule has 1 aromatic rings. The molecule has 0 saturated heterocycles. The maximum absolute atomic E-state index is 11.8. The van der Waals surface area contributed by atoms with Crippen molar-refractivity contribution < 1.29 is 14.7 Å². The molecule has 19 heavy (non-hydrogen) atoms. The molecule has 0 bridgehead atoms. The molecule has 1 aromatic carbocycles. The molecule has 0 radical (unpaired) electrons. The van der Waals surface area contributed by atoms with Gasteiger partial charge in [0.1, 0.15) is 6.04 Å². The van der Waals surface area contributed by atoms with E-state index in [2.05, 4.69) is 5.32 Å². The van der Waals surface area contributed by atoms with Crippen molar-refractivity contribution in [3.63, 3.8) is 0 Å². The van der Waals surface area contributed by atoms with Crippen LogP contribution in [0.5, 0.6) is 0 Å². The van der Waals surface area contributed by atoms with Crippen LogP contribution >= 0.6 is 0 Å². The highest BCUT2D eigenvalue weighted by molar-refractivity contribution is 5.83. The van der Waals surface area contributed by atoms with E-state index in [0.717, 1.165) is 6.42 Å². The standard InChI is InChI=1S/C14H20N2O3/c1-2-6-11(14(18)19)9-16-13(17)12(15)10-7-4-3-5-8-10/h3-5,7-8,11-12H,2,6,9,15H2,1H3,(H,16,17)(H,18,19). The first-order valence-electron chi connectivity index (χ1n) is 6.37. The molecule has 4 N–H and O–H groups in total. The summed E-state index contributed by atoms with van der Waals surface area (Å²) in [4.78, 5) is 22.8. The molecule has 0 spiro atoms. The summed E-state index contributed by atoms with van der Waals surface area (Å²) in [7, 11) is 0. The van der Waals surface area contributed by atoms with Gasteiger partial charge in [-0.15, -0.1) is 0 Å². The molecule has 2 unspecified atom stereocenters. The minimum absolute atomic E-state index is 0.114. The van der Waals surface area contributed by atoms with Crippen molar-refractivity contribution in [2.75, 3.05) is 6.54 Å². The van der Waals surface area contributed by atoms with Crippen molar-refractivity contribution in [2.24, 2.45) is 11.7 Å². The van der Waals surface area contributed by atoms with Crippen molar-refractivity contribution in [3.8, 4) is 0 Å². The SMILES string of the molecule is CCCC(CNC(=O)C(N)c1ccccc1)C(=O)O. The largest absolute Gasteiger partial charge is 0.481 e. The first-order valence-corrected chi connectivity index (χ1v) is 6.37. The topological polar surface area (TPSA) is 92.4 Å². The van der Waals surface area contributed by atoms with Crippen LogP contribution in [0.1, 0.15) is 31.4 Å². The van der Waals surface area contributed by atoms with Gasteiger partial charge >= 0.3 is 5.97 Å². The van der Waals surface area contributed by atoms with Gasteiger partial charge in [0.25, 0.3) is 0 Å². The van der Waals surface area contributed by atoms with E-state index in [4.69, 9.17) is 10.8 Å². The van der Waals surface area contributed by atoms with Gasteiger partial charge in [0.15, 0.2) is 0 Å². The lowest BCUT2D eigenvalue weighted by Gasteiger charge is -2.15. The maximum atomic E-state index is 11.8. The molecule has 1 amide bonds. The number of rotatable bonds is 7. The minimum Gasteiger partial charge on any atom is -0.481 e. The number of nitrogens with one attached hydrogen (secondary N) is 1. The third-order valence-electron chi connectivity index (χ3n) is 2.95. The van der Waals surface area contributed by atoms with Gasteiger partial charge in [0.2, 0.25) is 5.91 Å². The summed E-state index contributed by atoms with van der Waals surface area (Å²) in [6, 6.07) is 8.22. The van der Waals surface area contributed by atoms with Crippen molar-refractivity contribution in [2.45, 2.75) is 25.8 Å². The summed E-state index contributed by atoms with van der Waals surface area (Å²) >= 11 is 0. The van der Waals surface area contributed by atoms with Crippen molar-refractivity contribution >= 4 is 11.9 Å². The molecule has 0 fully saturated rings. The van der Waals surface area contributed by atoms with Crippen LogP contribution in [0.15, 0.2) is 30.3 Å². The normalized spacial score (nSPS) is 13.6. The molecular formula is C14H20N2O3. The van der Waals surface area contributed by atoms with E-state index in [0.29, 0.717) is 12.0 Å². The summed E-state index contributed by atoms with van der Waals surface area (Å²) in [5.74, 6) is -1.80. The first-order chi connectivity index (χ1) is 9.06. The average Bonchev–Trinajstić information content (AvgIpc) is 2.42. The number of hydrogen-bond donors (Lipinski definition) is 3. The van der Waals surface area contributed by atoms with Crippen LogP contribution in [0.3, 0.4) is 0 Å². The van der Waals surface area contributed by atoms with E-state index < -0.39 is 17.9 Å². The summed E-state index contributed by atoms with van der Waals surface area (Å²) in [6.07, 6.45) is 1.30. The number of benzene rings is 1. The summed E-state index contributed by atoms with van der Waals surface area (Å²) in [5.41, 5.74) is 6.53. The summed E-state index contributed by atoms with van der Waals surface area (Å²) in [5, 5.41) is 11.6. The summed E-state index contributed by atoms with van der Waals surface area (Å²) < 4.78 is 0. The minimum atomic E-state index is -0.893. The number of carbonyl (C=O) groups is 2. The monoisotopic (exact) mass is 264 g/mol. The van der Waals surface area contributed by atoms with E-state index in [1.165, 1.54) is 0 Å². The molecule has 104 valence electrons. The highest BCUT2D eigenvalue weighted by atomic mass is 16.4. The highest BCUT2D eigenvalue weighted by Gasteiger charge is 2.20. The Morgan fingerprint density at radius 1 is 1.32 bits per heavy atom. The molecule has 0 aliphatic carbocycles. The van der Waals surface area contributed by atoms with E-state index in [1.54, 1.807) is 24.3 Å². The number of nitrogens with two attached hydrogens (primary N) is 1. The molecule has 5 nitrogen and oxygen atoms in total.